The monoisotopic (exact) mass is 306 g/mol. The molecule has 0 bridgehead atoms. The quantitative estimate of drug-likeness (QED) is 0.694. The van der Waals surface area contributed by atoms with E-state index >= 15 is 0 Å². The summed E-state index contributed by atoms with van der Waals surface area (Å²) in [5.74, 6) is -0.0574. The predicted octanol–water partition coefficient (Wildman–Crippen LogP) is 2.18. The third kappa shape index (κ3) is 2.71. The molecule has 3 aromatic rings. The van der Waals surface area contributed by atoms with Gasteiger partial charge in [-0.1, -0.05) is 24.3 Å². The maximum absolute atomic E-state index is 12.4. The van der Waals surface area contributed by atoms with E-state index in [1.54, 1.807) is 6.20 Å². The van der Waals surface area contributed by atoms with Gasteiger partial charge in [0, 0.05) is 23.5 Å². The number of carbonyl (C=O) groups is 1. The molecular formula is C18H18N4O. The summed E-state index contributed by atoms with van der Waals surface area (Å²) in [4.78, 5) is 12.4. The van der Waals surface area contributed by atoms with Crippen LogP contribution in [0.5, 0.6) is 0 Å². The van der Waals surface area contributed by atoms with Gasteiger partial charge in [0.25, 0.3) is 5.91 Å². The normalized spacial score (nSPS) is 17.0. The molecule has 0 saturated heterocycles. The van der Waals surface area contributed by atoms with Gasteiger partial charge in [0.1, 0.15) is 0 Å². The van der Waals surface area contributed by atoms with Gasteiger partial charge in [-0.05, 0) is 42.3 Å². The minimum atomic E-state index is -0.0574. The molecule has 0 spiro atoms. The van der Waals surface area contributed by atoms with Crippen LogP contribution in [0, 0.1) is 0 Å². The van der Waals surface area contributed by atoms with Crippen LogP contribution < -0.4 is 10.6 Å². The van der Waals surface area contributed by atoms with Crippen molar-refractivity contribution in [2.24, 2.45) is 0 Å². The topological polar surface area (TPSA) is 69.8 Å². The fraction of sp³-hybridized carbons (Fsp3) is 0.222. The molecular weight excluding hydrogens is 288 g/mol. The number of benzene rings is 2. The molecule has 23 heavy (non-hydrogen) atoms. The molecule has 1 aliphatic heterocycles. The molecule has 1 amide bonds. The van der Waals surface area contributed by atoms with Gasteiger partial charge in [0.05, 0.1) is 11.7 Å². The number of hydrogen-bond acceptors (Lipinski definition) is 3. The zero-order valence-electron chi connectivity index (χ0n) is 12.7. The molecule has 116 valence electrons. The van der Waals surface area contributed by atoms with Crippen LogP contribution in [0.2, 0.25) is 0 Å². The molecule has 5 nitrogen and oxygen atoms in total. The van der Waals surface area contributed by atoms with Crippen LogP contribution in [0.4, 0.5) is 0 Å². The molecule has 2 heterocycles. The molecule has 1 aromatic heterocycles. The van der Waals surface area contributed by atoms with Crippen LogP contribution in [0.1, 0.15) is 27.5 Å². The second kappa shape index (κ2) is 5.85. The van der Waals surface area contributed by atoms with Crippen molar-refractivity contribution < 1.29 is 4.79 Å². The number of amides is 1. The Morgan fingerprint density at radius 1 is 1.26 bits per heavy atom. The van der Waals surface area contributed by atoms with E-state index in [-0.39, 0.29) is 11.9 Å². The standard InChI is InChI=1S/C18H18N4O/c23-18(13-5-6-16-14(9-13)10-21-22-16)20-11-17-15-4-2-1-3-12(15)7-8-19-17/h1-6,9-10,17,19H,7-8,11H2,(H,20,23)(H,21,22). The van der Waals surface area contributed by atoms with E-state index in [1.807, 2.05) is 24.3 Å². The molecule has 0 saturated carbocycles. The summed E-state index contributed by atoms with van der Waals surface area (Å²) in [5.41, 5.74) is 4.24. The fourth-order valence-corrected chi connectivity index (χ4v) is 3.16. The second-order valence-corrected chi connectivity index (χ2v) is 5.84. The smallest absolute Gasteiger partial charge is 0.251 e. The molecule has 0 aliphatic carbocycles. The zero-order chi connectivity index (χ0) is 15.6. The van der Waals surface area contributed by atoms with E-state index in [4.69, 9.17) is 0 Å². The highest BCUT2D eigenvalue weighted by molar-refractivity contribution is 5.97. The van der Waals surface area contributed by atoms with Gasteiger partial charge in [0.15, 0.2) is 0 Å². The van der Waals surface area contributed by atoms with Crippen molar-refractivity contribution in [1.82, 2.24) is 20.8 Å². The zero-order valence-corrected chi connectivity index (χ0v) is 12.7. The molecule has 0 fully saturated rings. The molecule has 1 atom stereocenters. The third-order valence-corrected chi connectivity index (χ3v) is 4.38. The van der Waals surface area contributed by atoms with Crippen molar-refractivity contribution in [3.63, 3.8) is 0 Å². The van der Waals surface area contributed by atoms with Gasteiger partial charge in [-0.25, -0.2) is 0 Å². The highest BCUT2D eigenvalue weighted by Gasteiger charge is 2.19. The molecule has 2 aromatic carbocycles. The number of fused-ring (bicyclic) bond motifs is 2. The molecule has 1 unspecified atom stereocenters. The van der Waals surface area contributed by atoms with Crippen LogP contribution >= 0.6 is 0 Å². The van der Waals surface area contributed by atoms with E-state index in [2.05, 4.69) is 39.0 Å². The van der Waals surface area contributed by atoms with Crippen molar-refractivity contribution >= 4 is 16.8 Å². The van der Waals surface area contributed by atoms with Crippen LogP contribution in [0.15, 0.2) is 48.7 Å². The summed E-state index contributed by atoms with van der Waals surface area (Å²) >= 11 is 0. The maximum atomic E-state index is 12.4. The van der Waals surface area contributed by atoms with Crippen molar-refractivity contribution in [3.8, 4) is 0 Å². The highest BCUT2D eigenvalue weighted by atomic mass is 16.1. The minimum Gasteiger partial charge on any atom is -0.350 e. The number of H-pyrrole nitrogens is 1. The first kappa shape index (κ1) is 14.0. The Balaban J connectivity index is 1.47. The Bertz CT molecular complexity index is 855. The van der Waals surface area contributed by atoms with Crippen molar-refractivity contribution in [3.05, 3.63) is 65.4 Å². The number of aromatic amines is 1. The predicted molar refractivity (Wildman–Crippen MR) is 89.3 cm³/mol. The van der Waals surface area contributed by atoms with E-state index in [0.29, 0.717) is 12.1 Å². The average molecular weight is 306 g/mol. The van der Waals surface area contributed by atoms with Crippen molar-refractivity contribution in [1.29, 1.82) is 0 Å². The first-order chi connectivity index (χ1) is 11.3. The minimum absolute atomic E-state index is 0.0574. The summed E-state index contributed by atoms with van der Waals surface area (Å²) in [6.45, 7) is 1.53. The van der Waals surface area contributed by atoms with Crippen molar-refractivity contribution in [2.75, 3.05) is 13.1 Å². The maximum Gasteiger partial charge on any atom is 0.251 e. The summed E-state index contributed by atoms with van der Waals surface area (Å²) < 4.78 is 0. The molecule has 5 heteroatoms. The number of hydrogen-bond donors (Lipinski definition) is 3. The van der Waals surface area contributed by atoms with E-state index < -0.39 is 0 Å². The number of carbonyl (C=O) groups excluding carboxylic acids is 1. The Morgan fingerprint density at radius 2 is 2.17 bits per heavy atom. The van der Waals surface area contributed by atoms with E-state index in [1.165, 1.54) is 11.1 Å². The number of nitrogens with zero attached hydrogens (tertiary/aromatic N) is 1. The average Bonchev–Trinajstić information content (AvgIpc) is 3.07. The number of aromatic nitrogens is 2. The Hall–Kier alpha value is -2.66. The Labute approximate surface area is 134 Å². The number of rotatable bonds is 3. The number of nitrogens with one attached hydrogen (secondary N) is 3. The van der Waals surface area contributed by atoms with Gasteiger partial charge in [-0.15, -0.1) is 0 Å². The third-order valence-electron chi connectivity index (χ3n) is 4.38. The highest BCUT2D eigenvalue weighted by Crippen LogP contribution is 2.22. The van der Waals surface area contributed by atoms with Crippen LogP contribution in [0.25, 0.3) is 10.9 Å². The first-order valence-electron chi connectivity index (χ1n) is 7.84. The van der Waals surface area contributed by atoms with E-state index in [9.17, 15) is 4.79 Å². The van der Waals surface area contributed by atoms with Gasteiger partial charge in [-0.3, -0.25) is 9.89 Å². The Kier molecular flexibility index (Phi) is 3.55. The summed E-state index contributed by atoms with van der Waals surface area (Å²) in [6, 6.07) is 14.1. The fourth-order valence-electron chi connectivity index (χ4n) is 3.16. The lowest BCUT2D eigenvalue weighted by atomic mass is 9.94. The summed E-state index contributed by atoms with van der Waals surface area (Å²) in [6.07, 6.45) is 2.77. The van der Waals surface area contributed by atoms with Gasteiger partial charge >= 0.3 is 0 Å². The van der Waals surface area contributed by atoms with Crippen LogP contribution in [0.3, 0.4) is 0 Å². The van der Waals surface area contributed by atoms with Crippen LogP contribution in [-0.4, -0.2) is 29.2 Å². The second-order valence-electron chi connectivity index (χ2n) is 5.84. The lowest BCUT2D eigenvalue weighted by Crippen LogP contribution is -2.38. The molecule has 1 aliphatic rings. The lowest BCUT2D eigenvalue weighted by Gasteiger charge is -2.27. The van der Waals surface area contributed by atoms with E-state index in [0.717, 1.165) is 23.9 Å². The van der Waals surface area contributed by atoms with Gasteiger partial charge < -0.3 is 10.6 Å². The summed E-state index contributed by atoms with van der Waals surface area (Å²) in [5, 5.41) is 14.3. The molecule has 4 rings (SSSR count). The lowest BCUT2D eigenvalue weighted by molar-refractivity contribution is 0.0949. The molecule has 0 radical (unpaired) electrons. The van der Waals surface area contributed by atoms with Crippen molar-refractivity contribution in [2.45, 2.75) is 12.5 Å². The largest absolute Gasteiger partial charge is 0.350 e. The van der Waals surface area contributed by atoms with Gasteiger partial charge in [0.2, 0.25) is 0 Å². The van der Waals surface area contributed by atoms with Gasteiger partial charge in [-0.2, -0.15) is 5.10 Å². The SMILES string of the molecule is O=C(NCC1NCCc2ccccc21)c1ccc2[nH]ncc2c1. The first-order valence-corrected chi connectivity index (χ1v) is 7.84. The Morgan fingerprint density at radius 3 is 3.13 bits per heavy atom. The molecule has 3 N–H and O–H groups in total. The summed E-state index contributed by atoms with van der Waals surface area (Å²) in [7, 11) is 0. The van der Waals surface area contributed by atoms with Crippen LogP contribution in [-0.2, 0) is 6.42 Å².